The zero-order valence-corrected chi connectivity index (χ0v) is 11.0. The normalized spacial score (nSPS) is 29.5. The second kappa shape index (κ2) is 4.97. The van der Waals surface area contributed by atoms with Gasteiger partial charge in [0, 0.05) is 6.54 Å². The van der Waals surface area contributed by atoms with Gasteiger partial charge in [-0.1, -0.05) is 26.7 Å². The van der Waals surface area contributed by atoms with Gasteiger partial charge in [-0.15, -0.1) is 0 Å². The van der Waals surface area contributed by atoms with E-state index in [1.165, 1.54) is 25.7 Å². The van der Waals surface area contributed by atoms with Crippen LogP contribution in [0.15, 0.2) is 0 Å². The van der Waals surface area contributed by atoms with E-state index in [0.29, 0.717) is 11.3 Å². The summed E-state index contributed by atoms with van der Waals surface area (Å²) in [6.45, 7) is 6.60. The molecule has 2 aliphatic rings. The summed E-state index contributed by atoms with van der Waals surface area (Å²) in [6, 6.07) is 0. The highest BCUT2D eigenvalue weighted by Crippen LogP contribution is 2.40. The molecule has 0 aromatic heterocycles. The van der Waals surface area contributed by atoms with Gasteiger partial charge < -0.3 is 10.4 Å². The van der Waals surface area contributed by atoms with Crippen molar-refractivity contribution in [1.82, 2.24) is 5.32 Å². The van der Waals surface area contributed by atoms with Crippen LogP contribution in [-0.4, -0.2) is 24.2 Å². The van der Waals surface area contributed by atoms with Crippen molar-refractivity contribution in [2.45, 2.75) is 46.0 Å². The maximum atomic E-state index is 10.7. The third-order valence-corrected chi connectivity index (χ3v) is 4.69. The Hall–Kier alpha value is -0.570. The topological polar surface area (TPSA) is 49.3 Å². The summed E-state index contributed by atoms with van der Waals surface area (Å²) < 4.78 is 0. The quantitative estimate of drug-likeness (QED) is 0.749. The Morgan fingerprint density at radius 2 is 2.00 bits per heavy atom. The number of carbonyl (C=O) groups is 1. The van der Waals surface area contributed by atoms with Gasteiger partial charge in [0.25, 0.3) is 0 Å². The van der Waals surface area contributed by atoms with E-state index in [0.717, 1.165) is 25.4 Å². The fourth-order valence-electron chi connectivity index (χ4n) is 3.21. The molecule has 0 heterocycles. The standard InChI is InChI=1S/C14H25NO2/c1-14(2,11-5-3-4-6-11)9-15-8-10-7-12(10)13(16)17/h10-12,15H,3-9H2,1-2H3,(H,16,17). The smallest absolute Gasteiger partial charge is 0.306 e. The largest absolute Gasteiger partial charge is 0.481 e. The lowest BCUT2D eigenvalue weighted by Gasteiger charge is -2.32. The molecule has 17 heavy (non-hydrogen) atoms. The molecule has 2 N–H and O–H groups in total. The van der Waals surface area contributed by atoms with Gasteiger partial charge in [0.1, 0.15) is 0 Å². The molecular weight excluding hydrogens is 214 g/mol. The third-order valence-electron chi connectivity index (χ3n) is 4.69. The Kier molecular flexibility index (Phi) is 3.76. The summed E-state index contributed by atoms with van der Waals surface area (Å²) in [5.74, 6) is 0.542. The highest BCUT2D eigenvalue weighted by molar-refractivity contribution is 5.73. The van der Waals surface area contributed by atoms with Gasteiger partial charge >= 0.3 is 5.97 Å². The first kappa shape index (κ1) is 12.9. The molecule has 0 spiro atoms. The summed E-state index contributed by atoms with van der Waals surface area (Å²) in [5.41, 5.74) is 0.365. The average molecular weight is 239 g/mol. The van der Waals surface area contributed by atoms with Crippen LogP contribution < -0.4 is 5.32 Å². The summed E-state index contributed by atoms with van der Waals surface area (Å²) >= 11 is 0. The minimum absolute atomic E-state index is 0.0721. The lowest BCUT2D eigenvalue weighted by molar-refractivity contribution is -0.138. The fourth-order valence-corrected chi connectivity index (χ4v) is 3.21. The number of nitrogens with one attached hydrogen (secondary N) is 1. The summed E-state index contributed by atoms with van der Waals surface area (Å²) in [5, 5.41) is 12.3. The molecule has 3 heteroatoms. The molecule has 98 valence electrons. The first-order valence-corrected chi connectivity index (χ1v) is 6.94. The number of rotatable bonds is 6. The number of aliphatic carboxylic acids is 1. The van der Waals surface area contributed by atoms with E-state index in [9.17, 15) is 4.79 Å². The van der Waals surface area contributed by atoms with Crippen LogP contribution in [0.4, 0.5) is 0 Å². The van der Waals surface area contributed by atoms with Gasteiger partial charge in [-0.05, 0) is 43.1 Å². The molecule has 2 unspecified atom stereocenters. The van der Waals surface area contributed by atoms with Crippen LogP contribution in [0.2, 0.25) is 0 Å². The Labute approximate surface area is 104 Å². The monoisotopic (exact) mass is 239 g/mol. The van der Waals surface area contributed by atoms with Crippen LogP contribution in [-0.2, 0) is 4.79 Å². The van der Waals surface area contributed by atoms with Crippen LogP contribution in [0.25, 0.3) is 0 Å². The lowest BCUT2D eigenvalue weighted by Crippen LogP contribution is -2.35. The second-order valence-corrected chi connectivity index (χ2v) is 6.54. The molecule has 2 saturated carbocycles. The molecule has 2 aliphatic carbocycles. The number of hydrogen-bond acceptors (Lipinski definition) is 2. The summed E-state index contributed by atoms with van der Waals surface area (Å²) in [4.78, 5) is 10.7. The molecule has 0 aromatic carbocycles. The molecule has 2 atom stereocenters. The second-order valence-electron chi connectivity index (χ2n) is 6.54. The minimum atomic E-state index is -0.619. The number of carboxylic acids is 1. The van der Waals surface area contributed by atoms with Crippen LogP contribution in [0.5, 0.6) is 0 Å². The van der Waals surface area contributed by atoms with E-state index in [2.05, 4.69) is 19.2 Å². The van der Waals surface area contributed by atoms with E-state index in [1.807, 2.05) is 0 Å². The molecule has 0 saturated heterocycles. The van der Waals surface area contributed by atoms with Gasteiger partial charge in [0.15, 0.2) is 0 Å². The molecule has 0 aliphatic heterocycles. The predicted octanol–water partition coefficient (Wildman–Crippen LogP) is 2.51. The van der Waals surface area contributed by atoms with Crippen LogP contribution in [0.3, 0.4) is 0 Å². The van der Waals surface area contributed by atoms with Crippen molar-refractivity contribution < 1.29 is 9.90 Å². The van der Waals surface area contributed by atoms with E-state index < -0.39 is 5.97 Å². The number of carboxylic acid groups (broad SMARTS) is 1. The molecule has 2 fully saturated rings. The SMILES string of the molecule is CC(C)(CNCC1CC1C(=O)O)C1CCCC1. The molecule has 0 aromatic rings. The van der Waals surface area contributed by atoms with Crippen molar-refractivity contribution in [3.05, 3.63) is 0 Å². The van der Waals surface area contributed by atoms with E-state index in [1.54, 1.807) is 0 Å². The fraction of sp³-hybridized carbons (Fsp3) is 0.929. The maximum absolute atomic E-state index is 10.7. The zero-order chi connectivity index (χ0) is 12.5. The molecular formula is C14H25NO2. The Morgan fingerprint density at radius 3 is 2.53 bits per heavy atom. The van der Waals surface area contributed by atoms with Gasteiger partial charge in [0.2, 0.25) is 0 Å². The van der Waals surface area contributed by atoms with Crippen molar-refractivity contribution in [1.29, 1.82) is 0 Å². The minimum Gasteiger partial charge on any atom is -0.481 e. The van der Waals surface area contributed by atoms with Crippen LogP contribution >= 0.6 is 0 Å². The van der Waals surface area contributed by atoms with Crippen molar-refractivity contribution in [2.24, 2.45) is 23.2 Å². The molecule has 2 rings (SSSR count). The van der Waals surface area contributed by atoms with Gasteiger partial charge in [-0.2, -0.15) is 0 Å². The molecule has 0 radical (unpaired) electrons. The molecule has 0 bridgehead atoms. The van der Waals surface area contributed by atoms with E-state index in [4.69, 9.17) is 5.11 Å². The van der Waals surface area contributed by atoms with Crippen molar-refractivity contribution in [3.63, 3.8) is 0 Å². The van der Waals surface area contributed by atoms with Crippen molar-refractivity contribution in [3.8, 4) is 0 Å². The van der Waals surface area contributed by atoms with Crippen LogP contribution in [0.1, 0.15) is 46.0 Å². The highest BCUT2D eigenvalue weighted by atomic mass is 16.4. The Morgan fingerprint density at radius 1 is 1.35 bits per heavy atom. The zero-order valence-electron chi connectivity index (χ0n) is 11.0. The third kappa shape index (κ3) is 3.21. The first-order chi connectivity index (χ1) is 8.00. The predicted molar refractivity (Wildman–Crippen MR) is 67.8 cm³/mol. The van der Waals surface area contributed by atoms with Crippen molar-refractivity contribution in [2.75, 3.05) is 13.1 Å². The highest BCUT2D eigenvalue weighted by Gasteiger charge is 2.43. The Balaban J connectivity index is 1.66. The average Bonchev–Trinajstić information content (AvgIpc) is 2.81. The van der Waals surface area contributed by atoms with Crippen molar-refractivity contribution >= 4 is 5.97 Å². The van der Waals surface area contributed by atoms with Gasteiger partial charge in [-0.3, -0.25) is 4.79 Å². The Bertz CT molecular complexity index is 282. The lowest BCUT2D eigenvalue weighted by atomic mass is 9.78. The maximum Gasteiger partial charge on any atom is 0.306 e. The first-order valence-electron chi connectivity index (χ1n) is 6.94. The van der Waals surface area contributed by atoms with E-state index >= 15 is 0 Å². The number of hydrogen-bond donors (Lipinski definition) is 2. The summed E-state index contributed by atoms with van der Waals surface area (Å²) in [7, 11) is 0. The van der Waals surface area contributed by atoms with Crippen LogP contribution in [0, 0.1) is 23.2 Å². The van der Waals surface area contributed by atoms with E-state index in [-0.39, 0.29) is 5.92 Å². The van der Waals surface area contributed by atoms with Gasteiger partial charge in [0.05, 0.1) is 5.92 Å². The molecule has 0 amide bonds. The summed E-state index contributed by atoms with van der Waals surface area (Å²) in [6.07, 6.45) is 6.38. The van der Waals surface area contributed by atoms with Gasteiger partial charge in [-0.25, -0.2) is 0 Å². The molecule has 3 nitrogen and oxygen atoms in total.